The topological polar surface area (TPSA) is 29.3 Å². The molecule has 1 heterocycles. The highest BCUT2D eigenvalue weighted by atomic mass is 32.1. The molecule has 0 saturated carbocycles. The van der Waals surface area contributed by atoms with Crippen LogP contribution >= 0.6 is 12.2 Å². The van der Waals surface area contributed by atoms with E-state index in [9.17, 15) is 0 Å². The summed E-state index contributed by atoms with van der Waals surface area (Å²) in [4.78, 5) is 2.95. The molecule has 3 heteroatoms. The largest absolute Gasteiger partial charge is 0.389 e. The Balaban J connectivity index is 2.30. The Morgan fingerprint density at radius 1 is 1.26 bits per heavy atom. The van der Waals surface area contributed by atoms with E-state index in [1.165, 1.54) is 30.5 Å². The average molecular weight is 276 g/mol. The van der Waals surface area contributed by atoms with Gasteiger partial charge >= 0.3 is 0 Å². The van der Waals surface area contributed by atoms with Crippen LogP contribution in [0.25, 0.3) is 0 Å². The summed E-state index contributed by atoms with van der Waals surface area (Å²) in [5.74, 6) is 0. The Morgan fingerprint density at radius 3 is 2.68 bits per heavy atom. The van der Waals surface area contributed by atoms with Crippen LogP contribution in [0.5, 0.6) is 0 Å². The first kappa shape index (κ1) is 14.3. The molecule has 0 radical (unpaired) electrons. The summed E-state index contributed by atoms with van der Waals surface area (Å²) in [5.41, 5.74) is 9.80. The van der Waals surface area contributed by atoms with E-state index in [-0.39, 0.29) is 0 Å². The number of aryl methyl sites for hydroxylation is 1. The van der Waals surface area contributed by atoms with E-state index in [2.05, 4.69) is 43.9 Å². The predicted octanol–water partition coefficient (Wildman–Crippen LogP) is 3.65. The predicted molar refractivity (Wildman–Crippen MR) is 86.9 cm³/mol. The maximum Gasteiger partial charge on any atom is 0.106 e. The molecule has 1 aliphatic heterocycles. The monoisotopic (exact) mass is 276 g/mol. The van der Waals surface area contributed by atoms with Crippen LogP contribution in [-0.4, -0.2) is 18.1 Å². The standard InChI is InChI=1S/C16H24N2S/c1-12-5-6-13(15(17)19)14(11-12)18-9-4-7-16(2,3)8-10-18/h5-6,11H,4,7-10H2,1-3H3,(H2,17,19). The van der Waals surface area contributed by atoms with Crippen LogP contribution in [0.4, 0.5) is 5.69 Å². The Labute approximate surface area is 122 Å². The SMILES string of the molecule is Cc1ccc(C(N)=S)c(N2CCCC(C)(C)CC2)c1. The lowest BCUT2D eigenvalue weighted by Gasteiger charge is -2.27. The molecule has 104 valence electrons. The number of thiocarbonyl (C=S) groups is 1. The normalized spacial score (nSPS) is 19.0. The summed E-state index contributed by atoms with van der Waals surface area (Å²) in [5, 5.41) is 0. The molecule has 0 unspecified atom stereocenters. The third-order valence-corrected chi connectivity index (χ3v) is 4.32. The Hall–Kier alpha value is -1.09. The quantitative estimate of drug-likeness (QED) is 0.836. The summed E-state index contributed by atoms with van der Waals surface area (Å²) in [7, 11) is 0. The van der Waals surface area contributed by atoms with Gasteiger partial charge in [-0.25, -0.2) is 0 Å². The summed E-state index contributed by atoms with van der Waals surface area (Å²) in [6.45, 7) is 9.03. The Bertz CT molecular complexity index is 480. The van der Waals surface area contributed by atoms with Crippen molar-refractivity contribution in [3.8, 4) is 0 Å². The third kappa shape index (κ3) is 3.47. The molecule has 0 aliphatic carbocycles. The van der Waals surface area contributed by atoms with Gasteiger partial charge in [0, 0.05) is 24.3 Å². The van der Waals surface area contributed by atoms with Crippen LogP contribution in [-0.2, 0) is 0 Å². The lowest BCUT2D eigenvalue weighted by atomic mass is 9.85. The molecule has 0 amide bonds. The van der Waals surface area contributed by atoms with Gasteiger partial charge in [-0.05, 0) is 49.3 Å². The molecule has 2 N–H and O–H groups in total. The number of nitrogens with two attached hydrogens (primary N) is 1. The van der Waals surface area contributed by atoms with E-state index in [0.29, 0.717) is 10.4 Å². The van der Waals surface area contributed by atoms with Crippen molar-refractivity contribution in [3.05, 3.63) is 29.3 Å². The fourth-order valence-corrected chi connectivity index (χ4v) is 2.95. The van der Waals surface area contributed by atoms with Crippen LogP contribution in [0.15, 0.2) is 18.2 Å². The fraction of sp³-hybridized carbons (Fsp3) is 0.562. The van der Waals surface area contributed by atoms with E-state index in [1.807, 2.05) is 0 Å². The first-order valence-corrected chi connectivity index (χ1v) is 7.45. The summed E-state index contributed by atoms with van der Waals surface area (Å²) in [6.07, 6.45) is 3.74. The van der Waals surface area contributed by atoms with Gasteiger partial charge in [-0.1, -0.05) is 32.1 Å². The van der Waals surface area contributed by atoms with Gasteiger partial charge in [0.1, 0.15) is 4.99 Å². The van der Waals surface area contributed by atoms with E-state index in [4.69, 9.17) is 18.0 Å². The van der Waals surface area contributed by atoms with Crippen molar-refractivity contribution in [3.63, 3.8) is 0 Å². The van der Waals surface area contributed by atoms with Crippen LogP contribution in [0, 0.1) is 12.3 Å². The van der Waals surface area contributed by atoms with Gasteiger partial charge < -0.3 is 10.6 Å². The molecule has 2 nitrogen and oxygen atoms in total. The molecule has 2 rings (SSSR count). The van der Waals surface area contributed by atoms with E-state index in [0.717, 1.165) is 18.7 Å². The van der Waals surface area contributed by atoms with Crippen molar-refractivity contribution in [2.45, 2.75) is 40.0 Å². The van der Waals surface area contributed by atoms with Crippen LogP contribution in [0.1, 0.15) is 44.2 Å². The molecule has 1 aromatic rings. The number of anilines is 1. The van der Waals surface area contributed by atoms with Crippen molar-refractivity contribution >= 4 is 22.9 Å². The number of nitrogens with zero attached hydrogens (tertiary/aromatic N) is 1. The van der Waals surface area contributed by atoms with Gasteiger partial charge in [0.15, 0.2) is 0 Å². The first-order valence-electron chi connectivity index (χ1n) is 7.04. The highest BCUT2D eigenvalue weighted by molar-refractivity contribution is 7.80. The number of hydrogen-bond donors (Lipinski definition) is 1. The van der Waals surface area contributed by atoms with Crippen molar-refractivity contribution < 1.29 is 0 Å². The van der Waals surface area contributed by atoms with Gasteiger partial charge in [0.05, 0.1) is 0 Å². The van der Waals surface area contributed by atoms with Crippen molar-refractivity contribution in [2.75, 3.05) is 18.0 Å². The molecule has 0 aromatic heterocycles. The molecule has 0 spiro atoms. The Morgan fingerprint density at radius 2 is 2.00 bits per heavy atom. The van der Waals surface area contributed by atoms with Crippen LogP contribution in [0.2, 0.25) is 0 Å². The van der Waals surface area contributed by atoms with E-state index < -0.39 is 0 Å². The minimum atomic E-state index is 0.446. The smallest absolute Gasteiger partial charge is 0.106 e. The van der Waals surface area contributed by atoms with Crippen LogP contribution < -0.4 is 10.6 Å². The molecule has 19 heavy (non-hydrogen) atoms. The summed E-state index contributed by atoms with van der Waals surface area (Å²) >= 11 is 5.19. The lowest BCUT2D eigenvalue weighted by molar-refractivity contribution is 0.325. The summed E-state index contributed by atoms with van der Waals surface area (Å²) in [6, 6.07) is 6.36. The van der Waals surface area contributed by atoms with Gasteiger partial charge in [0.2, 0.25) is 0 Å². The highest BCUT2D eigenvalue weighted by Crippen LogP contribution is 2.33. The van der Waals surface area contributed by atoms with Gasteiger partial charge in [-0.2, -0.15) is 0 Å². The molecular weight excluding hydrogens is 252 g/mol. The number of hydrogen-bond acceptors (Lipinski definition) is 2. The third-order valence-electron chi connectivity index (χ3n) is 4.10. The van der Waals surface area contributed by atoms with Crippen molar-refractivity contribution in [2.24, 2.45) is 11.1 Å². The number of benzene rings is 1. The molecule has 1 saturated heterocycles. The summed E-state index contributed by atoms with van der Waals surface area (Å²) < 4.78 is 0. The Kier molecular flexibility index (Phi) is 4.14. The lowest BCUT2D eigenvalue weighted by Crippen LogP contribution is -2.28. The van der Waals surface area contributed by atoms with Crippen molar-refractivity contribution in [1.82, 2.24) is 0 Å². The maximum atomic E-state index is 5.87. The van der Waals surface area contributed by atoms with E-state index in [1.54, 1.807) is 0 Å². The van der Waals surface area contributed by atoms with Crippen molar-refractivity contribution in [1.29, 1.82) is 0 Å². The second kappa shape index (κ2) is 5.49. The fourth-order valence-electron chi connectivity index (χ4n) is 2.78. The van der Waals surface area contributed by atoms with Gasteiger partial charge in [-0.15, -0.1) is 0 Å². The molecule has 0 atom stereocenters. The minimum absolute atomic E-state index is 0.446. The van der Waals surface area contributed by atoms with Gasteiger partial charge in [-0.3, -0.25) is 0 Å². The molecule has 1 fully saturated rings. The zero-order chi connectivity index (χ0) is 14.0. The number of rotatable bonds is 2. The second-order valence-electron chi connectivity index (χ2n) is 6.39. The highest BCUT2D eigenvalue weighted by Gasteiger charge is 2.24. The second-order valence-corrected chi connectivity index (χ2v) is 6.83. The van der Waals surface area contributed by atoms with E-state index >= 15 is 0 Å². The average Bonchev–Trinajstić information content (AvgIpc) is 2.49. The van der Waals surface area contributed by atoms with Gasteiger partial charge in [0.25, 0.3) is 0 Å². The first-order chi connectivity index (χ1) is 8.89. The zero-order valence-corrected chi connectivity index (χ0v) is 13.0. The molecular formula is C16H24N2S. The minimum Gasteiger partial charge on any atom is -0.389 e. The zero-order valence-electron chi connectivity index (χ0n) is 12.2. The molecule has 0 bridgehead atoms. The van der Waals surface area contributed by atoms with Crippen LogP contribution in [0.3, 0.4) is 0 Å². The maximum absolute atomic E-state index is 5.87. The molecule has 1 aliphatic rings. The molecule has 1 aromatic carbocycles.